The lowest BCUT2D eigenvalue weighted by Crippen LogP contribution is -2.45. The van der Waals surface area contributed by atoms with E-state index < -0.39 is 23.7 Å². The van der Waals surface area contributed by atoms with Crippen molar-refractivity contribution in [3.8, 4) is 0 Å². The van der Waals surface area contributed by atoms with E-state index >= 15 is 0 Å². The second-order valence-corrected chi connectivity index (χ2v) is 8.69. The maximum Gasteiger partial charge on any atom is 0.408 e. The van der Waals surface area contributed by atoms with Crippen molar-refractivity contribution in [2.45, 2.75) is 66.5 Å². The van der Waals surface area contributed by atoms with Gasteiger partial charge in [-0.3, -0.25) is 0 Å². The van der Waals surface area contributed by atoms with Gasteiger partial charge in [0.2, 0.25) is 0 Å². The number of hydrogen-bond donors (Lipinski definition) is 1. The highest BCUT2D eigenvalue weighted by molar-refractivity contribution is 5.81. The van der Waals surface area contributed by atoms with Crippen molar-refractivity contribution in [2.75, 3.05) is 6.61 Å². The number of carbonyl (C=O) groups is 2. The smallest absolute Gasteiger partial charge is 0.408 e. The van der Waals surface area contributed by atoms with Gasteiger partial charge in [0.05, 0.1) is 0 Å². The first-order chi connectivity index (χ1) is 13.5. The number of rotatable bonds is 6. The van der Waals surface area contributed by atoms with E-state index in [9.17, 15) is 9.59 Å². The Hall–Kier alpha value is -2.56. The Morgan fingerprint density at radius 1 is 1.00 bits per heavy atom. The van der Waals surface area contributed by atoms with Gasteiger partial charge in [-0.2, -0.15) is 0 Å². The number of alkyl carbamates (subject to hydrolysis) is 1. The zero-order valence-corrected chi connectivity index (χ0v) is 18.6. The lowest BCUT2D eigenvalue weighted by Gasteiger charge is -2.24. The van der Waals surface area contributed by atoms with Crippen LogP contribution in [0.2, 0.25) is 0 Å². The van der Waals surface area contributed by atoms with Crippen molar-refractivity contribution in [1.29, 1.82) is 0 Å². The van der Waals surface area contributed by atoms with Gasteiger partial charge in [0.25, 0.3) is 0 Å². The number of amides is 1. The van der Waals surface area contributed by atoms with Gasteiger partial charge in [0, 0.05) is 12.3 Å². The van der Waals surface area contributed by atoms with Crippen LogP contribution in [0.25, 0.3) is 0 Å². The lowest BCUT2D eigenvalue weighted by molar-refractivity contribution is -0.146. The van der Waals surface area contributed by atoms with Crippen LogP contribution in [-0.2, 0) is 20.7 Å². The molecule has 0 heterocycles. The topological polar surface area (TPSA) is 64.6 Å². The number of allylic oxidation sites excluding steroid dienone is 2. The highest BCUT2D eigenvalue weighted by atomic mass is 16.6. The molecule has 1 amide bonds. The third kappa shape index (κ3) is 6.21. The van der Waals surface area contributed by atoms with E-state index in [0.717, 1.165) is 5.56 Å². The van der Waals surface area contributed by atoms with E-state index in [1.54, 1.807) is 20.8 Å². The number of hydrogen-bond acceptors (Lipinski definition) is 4. The SMILES string of the molecule is CC1=C(C)C(COC(=O)[C@H](Cc2ccccc2)NC(=O)OC(C)(C)C)C(C)=C1C. The minimum absolute atomic E-state index is 0.0952. The second kappa shape index (κ2) is 9.29. The summed E-state index contributed by atoms with van der Waals surface area (Å²) in [5.74, 6) is -0.361. The average molecular weight is 400 g/mol. The molecule has 0 saturated carbocycles. The van der Waals surface area contributed by atoms with E-state index in [1.165, 1.54) is 22.3 Å². The van der Waals surface area contributed by atoms with Crippen molar-refractivity contribution in [2.24, 2.45) is 5.92 Å². The van der Waals surface area contributed by atoms with Crippen LogP contribution in [0.3, 0.4) is 0 Å². The van der Waals surface area contributed by atoms with Crippen LogP contribution in [-0.4, -0.2) is 30.3 Å². The molecule has 5 heteroatoms. The van der Waals surface area contributed by atoms with Crippen molar-refractivity contribution in [3.05, 3.63) is 58.2 Å². The number of ether oxygens (including phenoxy) is 2. The third-order valence-corrected chi connectivity index (χ3v) is 5.44. The molecule has 0 aliphatic heterocycles. The Balaban J connectivity index is 2.09. The summed E-state index contributed by atoms with van der Waals surface area (Å²) in [5, 5.41) is 2.68. The standard InChI is InChI=1S/C24H33NO4/c1-15-16(2)18(4)20(17(15)3)14-28-22(26)21(13-19-11-9-8-10-12-19)25-23(27)29-24(5,6)7/h8-12,20-21H,13-14H2,1-7H3,(H,25,27)/t21-/m0/s1. The fourth-order valence-corrected chi connectivity index (χ4v) is 3.45. The molecular formula is C24H33NO4. The molecule has 1 aliphatic carbocycles. The van der Waals surface area contributed by atoms with Crippen LogP contribution in [0.15, 0.2) is 52.6 Å². The molecule has 2 rings (SSSR count). The maximum absolute atomic E-state index is 12.9. The number of benzene rings is 1. The summed E-state index contributed by atoms with van der Waals surface area (Å²) in [7, 11) is 0. The Morgan fingerprint density at radius 3 is 2.07 bits per heavy atom. The number of nitrogens with one attached hydrogen (secondary N) is 1. The Bertz CT molecular complexity index is 791. The summed E-state index contributed by atoms with van der Waals surface area (Å²) >= 11 is 0. The van der Waals surface area contributed by atoms with E-state index in [0.29, 0.717) is 6.42 Å². The lowest BCUT2D eigenvalue weighted by atomic mass is 9.98. The van der Waals surface area contributed by atoms with Gasteiger partial charge in [0.1, 0.15) is 18.2 Å². The Morgan fingerprint density at radius 2 is 1.55 bits per heavy atom. The molecule has 29 heavy (non-hydrogen) atoms. The van der Waals surface area contributed by atoms with Gasteiger partial charge in [0.15, 0.2) is 0 Å². The Labute approximate surface area is 174 Å². The summed E-state index contributed by atoms with van der Waals surface area (Å²) in [5.41, 5.74) is 5.27. The summed E-state index contributed by atoms with van der Waals surface area (Å²) in [6, 6.07) is 8.73. The number of esters is 1. The normalized spacial score (nSPS) is 16.1. The number of carbonyl (C=O) groups excluding carboxylic acids is 2. The van der Waals surface area contributed by atoms with Gasteiger partial charge in [-0.1, -0.05) is 41.5 Å². The van der Waals surface area contributed by atoms with Gasteiger partial charge in [-0.15, -0.1) is 0 Å². The Kier molecular flexibility index (Phi) is 7.28. The molecule has 5 nitrogen and oxygen atoms in total. The molecule has 0 unspecified atom stereocenters. The zero-order chi connectivity index (χ0) is 21.8. The zero-order valence-electron chi connectivity index (χ0n) is 18.6. The largest absolute Gasteiger partial charge is 0.463 e. The first-order valence-electron chi connectivity index (χ1n) is 10.0. The highest BCUT2D eigenvalue weighted by Gasteiger charge is 2.29. The molecule has 0 saturated heterocycles. The molecule has 1 atom stereocenters. The molecule has 1 aliphatic rings. The molecule has 0 aromatic heterocycles. The van der Waals surface area contributed by atoms with Gasteiger partial charge in [-0.05, 0) is 65.2 Å². The molecule has 1 aromatic rings. The molecule has 1 N–H and O–H groups in total. The van der Waals surface area contributed by atoms with E-state index in [4.69, 9.17) is 9.47 Å². The van der Waals surface area contributed by atoms with Crippen LogP contribution in [0, 0.1) is 5.92 Å². The van der Waals surface area contributed by atoms with Crippen molar-refractivity contribution >= 4 is 12.1 Å². The third-order valence-electron chi connectivity index (χ3n) is 5.44. The predicted octanol–water partition coefficient (Wildman–Crippen LogP) is 4.97. The van der Waals surface area contributed by atoms with Crippen molar-refractivity contribution in [3.63, 3.8) is 0 Å². The molecule has 1 aromatic carbocycles. The van der Waals surface area contributed by atoms with Crippen LogP contribution in [0.5, 0.6) is 0 Å². The summed E-state index contributed by atoms with van der Waals surface area (Å²) in [6.45, 7) is 14.0. The van der Waals surface area contributed by atoms with E-state index in [2.05, 4.69) is 33.0 Å². The van der Waals surface area contributed by atoms with Crippen LogP contribution in [0.4, 0.5) is 4.79 Å². The first kappa shape index (κ1) is 22.7. The van der Waals surface area contributed by atoms with Gasteiger partial charge < -0.3 is 14.8 Å². The van der Waals surface area contributed by atoms with E-state index in [-0.39, 0.29) is 12.5 Å². The summed E-state index contributed by atoms with van der Waals surface area (Å²) in [6.07, 6.45) is -0.291. The van der Waals surface area contributed by atoms with Crippen LogP contribution < -0.4 is 5.32 Å². The van der Waals surface area contributed by atoms with Crippen molar-refractivity contribution in [1.82, 2.24) is 5.32 Å². The molecule has 0 fully saturated rings. The monoisotopic (exact) mass is 399 g/mol. The predicted molar refractivity (Wildman–Crippen MR) is 115 cm³/mol. The minimum atomic E-state index is -0.815. The highest BCUT2D eigenvalue weighted by Crippen LogP contribution is 2.36. The molecule has 0 bridgehead atoms. The molecule has 158 valence electrons. The molecule has 0 spiro atoms. The van der Waals surface area contributed by atoms with Gasteiger partial charge in [-0.25, -0.2) is 9.59 Å². The van der Waals surface area contributed by atoms with Crippen LogP contribution >= 0.6 is 0 Å². The maximum atomic E-state index is 12.9. The summed E-state index contributed by atoms with van der Waals surface area (Å²) in [4.78, 5) is 25.1. The fraction of sp³-hybridized carbons (Fsp3) is 0.500. The fourth-order valence-electron chi connectivity index (χ4n) is 3.45. The van der Waals surface area contributed by atoms with Gasteiger partial charge >= 0.3 is 12.1 Å². The van der Waals surface area contributed by atoms with Crippen LogP contribution in [0.1, 0.15) is 54.0 Å². The quantitative estimate of drug-likeness (QED) is 0.686. The summed E-state index contributed by atoms with van der Waals surface area (Å²) < 4.78 is 11.0. The average Bonchev–Trinajstić information content (AvgIpc) is 2.82. The van der Waals surface area contributed by atoms with E-state index in [1.807, 2.05) is 30.3 Å². The molecule has 0 radical (unpaired) electrons. The minimum Gasteiger partial charge on any atom is -0.463 e. The second-order valence-electron chi connectivity index (χ2n) is 8.69. The first-order valence-corrected chi connectivity index (χ1v) is 10.0. The van der Waals surface area contributed by atoms with Crippen molar-refractivity contribution < 1.29 is 19.1 Å². The molecular weight excluding hydrogens is 366 g/mol.